The predicted octanol–water partition coefficient (Wildman–Crippen LogP) is 2.03. The smallest absolute Gasteiger partial charge is 0.319 e. The number of aromatic nitrogens is 1. The molecule has 1 fully saturated rings. The Balaban J connectivity index is 2.12. The summed E-state index contributed by atoms with van der Waals surface area (Å²) in [5.74, 6) is -0.494. The minimum Gasteiger partial charge on any atom is -0.378 e. The Labute approximate surface area is 129 Å². The van der Waals surface area contributed by atoms with Gasteiger partial charge in [0.1, 0.15) is 5.69 Å². The predicted molar refractivity (Wildman–Crippen MR) is 79.2 cm³/mol. The number of nitrogens with one attached hydrogen (secondary N) is 1. The molecule has 2 rings (SSSR count). The van der Waals surface area contributed by atoms with E-state index in [1.54, 1.807) is 14.0 Å². The standard InChI is InChI=1S/C15H23F2N3O2/c1-9(2)19-7-11(13(8-19)22-4)18-14(21)12-6-5-10(3)20(12)15(16)17/h5-6,9,11,13,15H,7-8H2,1-4H3,(H,18,21)/t11-,13-/m0/s1. The molecule has 1 aliphatic rings. The van der Waals surface area contributed by atoms with Gasteiger partial charge >= 0.3 is 6.55 Å². The number of likely N-dealkylation sites (tertiary alicyclic amines) is 1. The molecule has 1 aromatic rings. The number of aryl methyl sites for hydroxylation is 1. The zero-order valence-electron chi connectivity index (χ0n) is 13.3. The maximum Gasteiger partial charge on any atom is 0.319 e. The molecule has 0 bridgehead atoms. The van der Waals surface area contributed by atoms with Crippen molar-refractivity contribution in [1.29, 1.82) is 0 Å². The van der Waals surface area contributed by atoms with Gasteiger partial charge in [0.2, 0.25) is 0 Å². The number of methoxy groups -OCH3 is 1. The van der Waals surface area contributed by atoms with Crippen molar-refractivity contribution >= 4 is 5.91 Å². The second kappa shape index (κ2) is 6.75. The third-order valence-corrected chi connectivity index (χ3v) is 4.19. The van der Waals surface area contributed by atoms with Crippen LogP contribution in [-0.2, 0) is 4.74 Å². The van der Waals surface area contributed by atoms with E-state index in [1.807, 2.05) is 0 Å². The largest absolute Gasteiger partial charge is 0.378 e. The molecule has 22 heavy (non-hydrogen) atoms. The van der Waals surface area contributed by atoms with Crippen LogP contribution in [0.2, 0.25) is 0 Å². The minimum atomic E-state index is -2.73. The van der Waals surface area contributed by atoms with Crippen molar-refractivity contribution in [3.63, 3.8) is 0 Å². The van der Waals surface area contributed by atoms with Crippen molar-refractivity contribution in [2.24, 2.45) is 0 Å². The number of halogens is 2. The normalized spacial score (nSPS) is 22.7. The summed E-state index contributed by atoms with van der Waals surface area (Å²) in [6, 6.07) is 3.07. The fourth-order valence-electron chi connectivity index (χ4n) is 2.84. The lowest BCUT2D eigenvalue weighted by molar-refractivity contribution is 0.0587. The van der Waals surface area contributed by atoms with Crippen LogP contribution in [0.1, 0.15) is 36.6 Å². The maximum atomic E-state index is 13.1. The highest BCUT2D eigenvalue weighted by Crippen LogP contribution is 2.20. The van der Waals surface area contributed by atoms with Crippen LogP contribution >= 0.6 is 0 Å². The monoisotopic (exact) mass is 315 g/mol. The van der Waals surface area contributed by atoms with E-state index in [2.05, 4.69) is 24.1 Å². The molecule has 0 aliphatic carbocycles. The first kappa shape index (κ1) is 16.9. The van der Waals surface area contributed by atoms with Crippen molar-refractivity contribution < 1.29 is 18.3 Å². The second-order valence-electron chi connectivity index (χ2n) is 5.91. The lowest BCUT2D eigenvalue weighted by Gasteiger charge is -2.20. The molecule has 1 aromatic heterocycles. The Morgan fingerprint density at radius 1 is 1.36 bits per heavy atom. The quantitative estimate of drug-likeness (QED) is 0.904. The van der Waals surface area contributed by atoms with E-state index in [-0.39, 0.29) is 17.8 Å². The van der Waals surface area contributed by atoms with Crippen LogP contribution in [0.25, 0.3) is 0 Å². The Kier molecular flexibility index (Phi) is 5.18. The van der Waals surface area contributed by atoms with Crippen LogP contribution in [-0.4, -0.2) is 53.8 Å². The van der Waals surface area contributed by atoms with Gasteiger partial charge in [0, 0.05) is 31.9 Å². The van der Waals surface area contributed by atoms with Crippen LogP contribution in [0.15, 0.2) is 12.1 Å². The molecule has 2 atom stereocenters. The zero-order valence-corrected chi connectivity index (χ0v) is 13.3. The molecule has 0 saturated carbocycles. The molecule has 1 aliphatic heterocycles. The van der Waals surface area contributed by atoms with Crippen molar-refractivity contribution in [2.75, 3.05) is 20.2 Å². The molecule has 0 spiro atoms. The van der Waals surface area contributed by atoms with E-state index in [0.29, 0.717) is 24.8 Å². The first-order chi connectivity index (χ1) is 10.3. The molecular weight excluding hydrogens is 292 g/mol. The summed E-state index contributed by atoms with van der Waals surface area (Å²) in [5, 5.41) is 2.83. The van der Waals surface area contributed by atoms with E-state index in [0.717, 1.165) is 4.57 Å². The number of amides is 1. The topological polar surface area (TPSA) is 46.5 Å². The molecule has 7 heteroatoms. The maximum absolute atomic E-state index is 13.1. The van der Waals surface area contributed by atoms with Crippen LogP contribution in [0, 0.1) is 6.92 Å². The summed E-state index contributed by atoms with van der Waals surface area (Å²) < 4.78 is 32.3. The number of ether oxygens (including phenoxy) is 1. The Hall–Kier alpha value is -1.47. The first-order valence-corrected chi connectivity index (χ1v) is 7.38. The van der Waals surface area contributed by atoms with Gasteiger partial charge < -0.3 is 10.1 Å². The van der Waals surface area contributed by atoms with Crippen molar-refractivity contribution in [1.82, 2.24) is 14.8 Å². The molecule has 124 valence electrons. The van der Waals surface area contributed by atoms with E-state index in [9.17, 15) is 13.6 Å². The summed E-state index contributed by atoms with van der Waals surface area (Å²) in [5.41, 5.74) is 0.337. The highest BCUT2D eigenvalue weighted by Gasteiger charge is 2.35. The number of rotatable bonds is 5. The highest BCUT2D eigenvalue weighted by molar-refractivity contribution is 5.93. The van der Waals surface area contributed by atoms with Crippen molar-refractivity contribution in [2.45, 2.75) is 45.5 Å². The van der Waals surface area contributed by atoms with Crippen LogP contribution in [0.3, 0.4) is 0 Å². The van der Waals surface area contributed by atoms with Gasteiger partial charge in [-0.05, 0) is 32.9 Å². The van der Waals surface area contributed by atoms with E-state index >= 15 is 0 Å². The number of nitrogens with zero attached hydrogens (tertiary/aromatic N) is 2. The van der Waals surface area contributed by atoms with E-state index in [1.165, 1.54) is 12.1 Å². The fraction of sp³-hybridized carbons (Fsp3) is 0.667. The SMILES string of the molecule is CO[C@H]1CN(C(C)C)C[C@@H]1NC(=O)c1ccc(C)n1C(F)F. The third kappa shape index (κ3) is 3.30. The highest BCUT2D eigenvalue weighted by atomic mass is 19.3. The Morgan fingerprint density at radius 2 is 2.05 bits per heavy atom. The number of carbonyl (C=O) groups excluding carboxylic acids is 1. The van der Waals surface area contributed by atoms with Gasteiger partial charge in [-0.3, -0.25) is 14.3 Å². The summed E-state index contributed by atoms with van der Waals surface area (Å²) in [6.45, 7) is 4.33. The van der Waals surface area contributed by atoms with Gasteiger partial charge in [0.25, 0.3) is 5.91 Å². The molecule has 1 saturated heterocycles. The minimum absolute atomic E-state index is 0.0228. The third-order valence-electron chi connectivity index (χ3n) is 4.19. The fourth-order valence-corrected chi connectivity index (χ4v) is 2.84. The zero-order chi connectivity index (χ0) is 16.4. The Morgan fingerprint density at radius 3 is 2.59 bits per heavy atom. The van der Waals surface area contributed by atoms with Gasteiger partial charge in [-0.15, -0.1) is 0 Å². The molecule has 0 aromatic carbocycles. The van der Waals surface area contributed by atoms with Crippen molar-refractivity contribution in [3.8, 4) is 0 Å². The van der Waals surface area contributed by atoms with Gasteiger partial charge in [-0.1, -0.05) is 0 Å². The number of alkyl halides is 2. The summed E-state index contributed by atoms with van der Waals surface area (Å²) in [7, 11) is 1.60. The molecule has 5 nitrogen and oxygen atoms in total. The lowest BCUT2D eigenvalue weighted by Crippen LogP contribution is -2.44. The average Bonchev–Trinajstić information content (AvgIpc) is 3.02. The lowest BCUT2D eigenvalue weighted by atomic mass is 10.2. The molecule has 1 amide bonds. The number of hydrogen-bond acceptors (Lipinski definition) is 3. The molecular formula is C15H23F2N3O2. The van der Waals surface area contributed by atoms with Crippen molar-refractivity contribution in [3.05, 3.63) is 23.5 Å². The Bertz CT molecular complexity index is 531. The van der Waals surface area contributed by atoms with Gasteiger partial charge in [-0.2, -0.15) is 8.78 Å². The van der Waals surface area contributed by atoms with Gasteiger partial charge in [-0.25, -0.2) is 0 Å². The van der Waals surface area contributed by atoms with Gasteiger partial charge in [0.05, 0.1) is 12.1 Å². The first-order valence-electron chi connectivity index (χ1n) is 7.38. The summed E-state index contributed by atoms with van der Waals surface area (Å²) in [4.78, 5) is 14.5. The molecule has 0 radical (unpaired) electrons. The summed E-state index contributed by atoms with van der Waals surface area (Å²) in [6.07, 6.45) is -0.137. The molecule has 1 N–H and O–H groups in total. The van der Waals surface area contributed by atoms with Crippen LogP contribution < -0.4 is 5.32 Å². The number of hydrogen-bond donors (Lipinski definition) is 1. The second-order valence-corrected chi connectivity index (χ2v) is 5.91. The average molecular weight is 315 g/mol. The van der Waals surface area contributed by atoms with Crippen LogP contribution in [0.5, 0.6) is 0 Å². The van der Waals surface area contributed by atoms with Crippen LogP contribution in [0.4, 0.5) is 8.78 Å². The van der Waals surface area contributed by atoms with E-state index in [4.69, 9.17) is 4.74 Å². The number of carbonyl (C=O) groups is 1. The van der Waals surface area contributed by atoms with Gasteiger partial charge in [0.15, 0.2) is 0 Å². The molecule has 2 heterocycles. The van der Waals surface area contributed by atoms with E-state index < -0.39 is 12.5 Å². The molecule has 0 unspecified atom stereocenters. The summed E-state index contributed by atoms with van der Waals surface area (Å²) >= 11 is 0.